The Bertz CT molecular complexity index is 961. The number of carbonyl (C=O) groups excluding carboxylic acids is 1. The van der Waals surface area contributed by atoms with Crippen molar-refractivity contribution in [3.63, 3.8) is 0 Å². The summed E-state index contributed by atoms with van der Waals surface area (Å²) in [6.07, 6.45) is 0. The molecule has 0 aliphatic heterocycles. The molecule has 2 aromatic heterocycles. The number of hydrogen-bond acceptors (Lipinski definition) is 7. The van der Waals surface area contributed by atoms with Gasteiger partial charge in [-0.3, -0.25) is 9.36 Å². The van der Waals surface area contributed by atoms with Crippen molar-refractivity contribution in [2.45, 2.75) is 33.0 Å². The summed E-state index contributed by atoms with van der Waals surface area (Å²) in [5.74, 6) is 0.199. The molecule has 9 nitrogen and oxygen atoms in total. The maximum absolute atomic E-state index is 12.5. The molecule has 0 saturated heterocycles. The number of nitrogens with two attached hydrogens (primary N) is 1. The van der Waals surface area contributed by atoms with E-state index in [1.165, 1.54) is 20.6 Å². The highest BCUT2D eigenvalue weighted by Gasteiger charge is 2.18. The third-order valence-corrected chi connectivity index (χ3v) is 4.70. The molecule has 136 valence electrons. The molecule has 0 fully saturated rings. The fourth-order valence-corrected chi connectivity index (χ4v) is 3.15. The van der Waals surface area contributed by atoms with Gasteiger partial charge in [-0.05, 0) is 13.8 Å². The molecule has 1 aromatic carbocycles. The molecule has 0 aliphatic carbocycles. The fraction of sp³-hybridized carbons (Fsp3) is 0.312. The first-order valence-electron chi connectivity index (χ1n) is 8.11. The number of amides is 1. The standard InChI is InChI=1S/C16H19N7O2S/c1-3-22-13(11-7-5-4-6-8-11)21-23(16(22)25)9-12(24)18-10(2)14-19-20-15(17)26-14/h4-8,10H,3,9H2,1-2H3,(H2,17,20)(H,18,24). The average molecular weight is 373 g/mol. The van der Waals surface area contributed by atoms with E-state index >= 15 is 0 Å². The summed E-state index contributed by atoms with van der Waals surface area (Å²) < 4.78 is 2.71. The number of benzene rings is 1. The average Bonchev–Trinajstić information content (AvgIpc) is 3.19. The highest BCUT2D eigenvalue weighted by Crippen LogP contribution is 2.19. The van der Waals surface area contributed by atoms with E-state index in [1.54, 1.807) is 6.92 Å². The molecule has 10 heteroatoms. The van der Waals surface area contributed by atoms with Crippen LogP contribution in [0.5, 0.6) is 0 Å². The number of carbonyl (C=O) groups is 1. The number of hydrogen-bond donors (Lipinski definition) is 2. The SMILES string of the molecule is CCn1c(-c2ccccc2)nn(CC(=O)NC(C)c2nnc(N)s2)c1=O. The molecular formula is C16H19N7O2S. The van der Waals surface area contributed by atoms with E-state index in [9.17, 15) is 9.59 Å². The van der Waals surface area contributed by atoms with E-state index < -0.39 is 0 Å². The van der Waals surface area contributed by atoms with Crippen LogP contribution in [0.1, 0.15) is 24.9 Å². The molecule has 3 N–H and O–H groups in total. The summed E-state index contributed by atoms with van der Waals surface area (Å²) in [5, 5.41) is 15.7. The molecule has 1 amide bonds. The second-order valence-electron chi connectivity index (χ2n) is 5.64. The van der Waals surface area contributed by atoms with Crippen LogP contribution in [0, 0.1) is 0 Å². The quantitative estimate of drug-likeness (QED) is 0.666. The Balaban J connectivity index is 1.78. The first-order chi connectivity index (χ1) is 12.5. The molecule has 0 spiro atoms. The predicted octanol–water partition coefficient (Wildman–Crippen LogP) is 1.04. The van der Waals surface area contributed by atoms with Gasteiger partial charge in [0.2, 0.25) is 11.0 Å². The van der Waals surface area contributed by atoms with E-state index in [0.717, 1.165) is 5.56 Å². The van der Waals surface area contributed by atoms with Crippen molar-refractivity contribution < 1.29 is 4.79 Å². The third kappa shape index (κ3) is 3.64. The Hall–Kier alpha value is -3.01. The van der Waals surface area contributed by atoms with Crippen LogP contribution in [0.4, 0.5) is 5.13 Å². The van der Waals surface area contributed by atoms with E-state index in [2.05, 4.69) is 20.6 Å². The van der Waals surface area contributed by atoms with Crippen LogP contribution >= 0.6 is 11.3 Å². The Morgan fingerprint density at radius 3 is 2.65 bits per heavy atom. The monoisotopic (exact) mass is 373 g/mol. The largest absolute Gasteiger partial charge is 0.374 e. The van der Waals surface area contributed by atoms with E-state index in [4.69, 9.17) is 5.73 Å². The molecule has 0 saturated carbocycles. The van der Waals surface area contributed by atoms with Gasteiger partial charge in [0.05, 0.1) is 6.04 Å². The number of nitrogen functional groups attached to an aromatic ring is 1. The van der Waals surface area contributed by atoms with E-state index in [0.29, 0.717) is 22.5 Å². The van der Waals surface area contributed by atoms with Gasteiger partial charge in [0.25, 0.3) is 0 Å². The maximum Gasteiger partial charge on any atom is 0.346 e. The molecule has 1 atom stereocenters. The normalized spacial score (nSPS) is 12.1. The lowest BCUT2D eigenvalue weighted by Gasteiger charge is -2.10. The highest BCUT2D eigenvalue weighted by molar-refractivity contribution is 7.15. The van der Waals surface area contributed by atoms with Gasteiger partial charge in [-0.25, -0.2) is 9.48 Å². The molecule has 0 bridgehead atoms. The smallest absolute Gasteiger partial charge is 0.346 e. The second kappa shape index (κ2) is 7.48. The Labute approximate surface area is 153 Å². The van der Waals surface area contributed by atoms with Crippen molar-refractivity contribution in [3.8, 4) is 11.4 Å². The Morgan fingerprint density at radius 2 is 2.04 bits per heavy atom. The van der Waals surface area contributed by atoms with Crippen molar-refractivity contribution in [2.24, 2.45) is 0 Å². The van der Waals surface area contributed by atoms with Gasteiger partial charge in [-0.1, -0.05) is 41.7 Å². The summed E-state index contributed by atoms with van der Waals surface area (Å²) in [6, 6.07) is 9.04. The number of anilines is 1. The number of nitrogens with zero attached hydrogens (tertiary/aromatic N) is 5. The van der Waals surface area contributed by atoms with Gasteiger partial charge in [0, 0.05) is 12.1 Å². The Morgan fingerprint density at radius 1 is 1.31 bits per heavy atom. The van der Waals surface area contributed by atoms with E-state index in [1.807, 2.05) is 37.3 Å². The Kier molecular flexibility index (Phi) is 5.12. The minimum Gasteiger partial charge on any atom is -0.374 e. The summed E-state index contributed by atoms with van der Waals surface area (Å²) in [6.45, 7) is 3.93. The number of rotatable bonds is 6. The molecule has 1 unspecified atom stereocenters. The van der Waals surface area contributed by atoms with Crippen molar-refractivity contribution in [3.05, 3.63) is 45.8 Å². The van der Waals surface area contributed by atoms with Gasteiger partial charge < -0.3 is 11.1 Å². The lowest BCUT2D eigenvalue weighted by molar-refractivity contribution is -0.122. The minimum absolute atomic E-state index is 0.176. The summed E-state index contributed by atoms with van der Waals surface area (Å²) in [4.78, 5) is 24.8. The van der Waals surface area contributed by atoms with E-state index in [-0.39, 0.29) is 24.2 Å². The third-order valence-electron chi connectivity index (χ3n) is 3.77. The first-order valence-corrected chi connectivity index (χ1v) is 8.92. The molecular weight excluding hydrogens is 354 g/mol. The van der Waals surface area contributed by atoms with Crippen LogP contribution < -0.4 is 16.7 Å². The van der Waals surface area contributed by atoms with Crippen molar-refractivity contribution >= 4 is 22.4 Å². The van der Waals surface area contributed by atoms with Crippen LogP contribution in [-0.4, -0.2) is 30.5 Å². The molecule has 3 aromatic rings. The van der Waals surface area contributed by atoms with Crippen LogP contribution in [0.25, 0.3) is 11.4 Å². The zero-order valence-electron chi connectivity index (χ0n) is 14.4. The topological polar surface area (TPSA) is 121 Å². The summed E-state index contributed by atoms with van der Waals surface area (Å²) in [7, 11) is 0. The molecule has 2 heterocycles. The first kappa shape index (κ1) is 17.8. The maximum atomic E-state index is 12.5. The van der Waals surface area contributed by atoms with Crippen molar-refractivity contribution in [2.75, 3.05) is 5.73 Å². The second-order valence-corrected chi connectivity index (χ2v) is 6.68. The van der Waals surface area contributed by atoms with Crippen LogP contribution in [0.2, 0.25) is 0 Å². The van der Waals surface area contributed by atoms with Gasteiger partial charge in [0.15, 0.2) is 5.82 Å². The van der Waals surface area contributed by atoms with Crippen molar-refractivity contribution in [1.29, 1.82) is 0 Å². The zero-order valence-corrected chi connectivity index (χ0v) is 15.2. The van der Waals surface area contributed by atoms with Crippen LogP contribution in [0.15, 0.2) is 35.1 Å². The minimum atomic E-state index is -0.352. The van der Waals surface area contributed by atoms with Crippen molar-refractivity contribution in [1.82, 2.24) is 29.9 Å². The molecule has 0 radical (unpaired) electrons. The zero-order chi connectivity index (χ0) is 18.7. The molecule has 0 aliphatic rings. The molecule has 3 rings (SSSR count). The van der Waals surface area contributed by atoms with Gasteiger partial charge in [-0.2, -0.15) is 0 Å². The predicted molar refractivity (Wildman–Crippen MR) is 98.5 cm³/mol. The van der Waals surface area contributed by atoms with Gasteiger partial charge >= 0.3 is 5.69 Å². The number of aromatic nitrogens is 5. The lowest BCUT2D eigenvalue weighted by Crippen LogP contribution is -2.34. The summed E-state index contributed by atoms with van der Waals surface area (Å²) >= 11 is 1.21. The number of nitrogens with one attached hydrogen (secondary N) is 1. The molecule has 26 heavy (non-hydrogen) atoms. The van der Waals surface area contributed by atoms with Crippen LogP contribution in [-0.2, 0) is 17.9 Å². The fourth-order valence-electron chi connectivity index (χ4n) is 2.54. The lowest BCUT2D eigenvalue weighted by atomic mass is 10.2. The van der Waals surface area contributed by atoms with Gasteiger partial charge in [-0.15, -0.1) is 15.3 Å². The summed E-state index contributed by atoms with van der Waals surface area (Å²) in [5.41, 5.74) is 6.05. The highest BCUT2D eigenvalue weighted by atomic mass is 32.1. The van der Waals surface area contributed by atoms with Gasteiger partial charge in [0.1, 0.15) is 11.6 Å². The van der Waals surface area contributed by atoms with Crippen LogP contribution in [0.3, 0.4) is 0 Å².